The number of benzene rings is 2. The first-order valence-electron chi connectivity index (χ1n) is 8.60. The number of amides is 2. The molecule has 0 aromatic heterocycles. The van der Waals surface area contributed by atoms with Crippen molar-refractivity contribution in [2.45, 2.75) is 38.2 Å². The van der Waals surface area contributed by atoms with Gasteiger partial charge in [0.05, 0.1) is 6.10 Å². The molecule has 2 aromatic rings. The topological polar surface area (TPSA) is 81.4 Å². The molecule has 130 valence electrons. The van der Waals surface area contributed by atoms with Crippen LogP contribution in [0.2, 0.25) is 0 Å². The number of carbonyl (C=O) groups is 2. The van der Waals surface area contributed by atoms with Gasteiger partial charge in [0.25, 0.3) is 5.91 Å². The molecule has 0 unspecified atom stereocenters. The summed E-state index contributed by atoms with van der Waals surface area (Å²) in [6, 6.07) is 13.6. The molecule has 1 fully saturated rings. The monoisotopic (exact) mass is 338 g/mol. The minimum Gasteiger partial charge on any atom is -0.490 e. The van der Waals surface area contributed by atoms with Crippen LogP contribution >= 0.6 is 0 Å². The lowest BCUT2D eigenvalue weighted by atomic mass is 9.98. The van der Waals surface area contributed by atoms with Crippen LogP contribution in [0.25, 0.3) is 0 Å². The van der Waals surface area contributed by atoms with Gasteiger partial charge in [0, 0.05) is 16.8 Å². The molecular formula is C20H22N2O3. The largest absolute Gasteiger partial charge is 0.490 e. The van der Waals surface area contributed by atoms with Crippen molar-refractivity contribution in [2.75, 3.05) is 5.32 Å². The molecule has 0 aliphatic heterocycles. The Morgan fingerprint density at radius 2 is 1.48 bits per heavy atom. The van der Waals surface area contributed by atoms with Crippen LogP contribution in [0, 0.1) is 0 Å². The summed E-state index contributed by atoms with van der Waals surface area (Å²) in [5.74, 6) is 0.0942. The van der Waals surface area contributed by atoms with E-state index in [0.717, 1.165) is 18.6 Å². The molecule has 1 aliphatic carbocycles. The minimum atomic E-state index is -0.494. The molecule has 2 amide bonds. The van der Waals surface area contributed by atoms with E-state index in [1.165, 1.54) is 19.3 Å². The van der Waals surface area contributed by atoms with Crippen molar-refractivity contribution in [3.05, 3.63) is 59.7 Å². The van der Waals surface area contributed by atoms with E-state index in [0.29, 0.717) is 16.8 Å². The van der Waals surface area contributed by atoms with Gasteiger partial charge < -0.3 is 15.8 Å². The van der Waals surface area contributed by atoms with Crippen molar-refractivity contribution >= 4 is 17.5 Å². The van der Waals surface area contributed by atoms with Crippen molar-refractivity contribution < 1.29 is 14.3 Å². The summed E-state index contributed by atoms with van der Waals surface area (Å²) < 4.78 is 5.97. The lowest BCUT2D eigenvalue weighted by Gasteiger charge is -2.23. The molecule has 5 heteroatoms. The number of nitrogens with one attached hydrogen (secondary N) is 1. The normalized spacial score (nSPS) is 14.7. The van der Waals surface area contributed by atoms with Gasteiger partial charge in [-0.1, -0.05) is 6.42 Å². The summed E-state index contributed by atoms with van der Waals surface area (Å²) in [6.45, 7) is 0. The van der Waals surface area contributed by atoms with Crippen LogP contribution in [0.15, 0.2) is 48.5 Å². The van der Waals surface area contributed by atoms with E-state index in [1.54, 1.807) is 36.4 Å². The fraction of sp³-hybridized carbons (Fsp3) is 0.300. The second-order valence-electron chi connectivity index (χ2n) is 6.30. The molecule has 25 heavy (non-hydrogen) atoms. The molecule has 2 aromatic carbocycles. The molecule has 1 saturated carbocycles. The zero-order valence-electron chi connectivity index (χ0n) is 14.0. The van der Waals surface area contributed by atoms with Crippen molar-refractivity contribution in [3.63, 3.8) is 0 Å². The maximum absolute atomic E-state index is 12.3. The predicted octanol–water partition coefficient (Wildman–Crippen LogP) is 3.75. The van der Waals surface area contributed by atoms with Gasteiger partial charge >= 0.3 is 0 Å². The maximum atomic E-state index is 12.3. The molecule has 3 rings (SSSR count). The number of carbonyl (C=O) groups excluding carboxylic acids is 2. The van der Waals surface area contributed by atoms with E-state index >= 15 is 0 Å². The molecule has 0 radical (unpaired) electrons. The zero-order valence-corrected chi connectivity index (χ0v) is 14.0. The number of ether oxygens (including phenoxy) is 1. The lowest BCUT2D eigenvalue weighted by molar-refractivity contribution is 0.0998. The van der Waals surface area contributed by atoms with Gasteiger partial charge in [-0.15, -0.1) is 0 Å². The smallest absolute Gasteiger partial charge is 0.255 e. The summed E-state index contributed by atoms with van der Waals surface area (Å²) in [6.07, 6.45) is 6.23. The van der Waals surface area contributed by atoms with E-state index < -0.39 is 5.91 Å². The van der Waals surface area contributed by atoms with Crippen LogP contribution in [-0.2, 0) is 0 Å². The number of rotatable bonds is 5. The highest BCUT2D eigenvalue weighted by molar-refractivity contribution is 6.04. The first-order chi connectivity index (χ1) is 12.1. The second-order valence-corrected chi connectivity index (χ2v) is 6.30. The van der Waals surface area contributed by atoms with E-state index in [-0.39, 0.29) is 12.0 Å². The van der Waals surface area contributed by atoms with Crippen LogP contribution in [0.5, 0.6) is 5.75 Å². The highest BCUT2D eigenvalue weighted by atomic mass is 16.5. The van der Waals surface area contributed by atoms with Crippen molar-refractivity contribution in [1.29, 1.82) is 0 Å². The first-order valence-corrected chi connectivity index (χ1v) is 8.60. The van der Waals surface area contributed by atoms with Gasteiger partial charge in [-0.25, -0.2) is 0 Å². The van der Waals surface area contributed by atoms with Crippen molar-refractivity contribution in [3.8, 4) is 5.75 Å². The number of hydrogen-bond acceptors (Lipinski definition) is 3. The van der Waals surface area contributed by atoms with Gasteiger partial charge in [-0.05, 0) is 74.2 Å². The Bertz CT molecular complexity index is 733. The Labute approximate surface area is 147 Å². The molecule has 0 heterocycles. The number of nitrogens with two attached hydrogens (primary N) is 1. The second kappa shape index (κ2) is 7.83. The summed E-state index contributed by atoms with van der Waals surface area (Å²) in [5.41, 5.74) is 6.76. The van der Waals surface area contributed by atoms with Crippen LogP contribution in [0.4, 0.5) is 5.69 Å². The molecule has 0 spiro atoms. The van der Waals surface area contributed by atoms with Crippen molar-refractivity contribution in [2.24, 2.45) is 5.73 Å². The molecular weight excluding hydrogens is 316 g/mol. The predicted molar refractivity (Wildman–Crippen MR) is 96.9 cm³/mol. The SMILES string of the molecule is NC(=O)c1ccc(NC(=O)c2ccc(OC3CCCCC3)cc2)cc1. The third-order valence-electron chi connectivity index (χ3n) is 4.40. The molecule has 0 saturated heterocycles. The average Bonchev–Trinajstić information content (AvgIpc) is 2.63. The van der Waals surface area contributed by atoms with E-state index in [9.17, 15) is 9.59 Å². The van der Waals surface area contributed by atoms with Gasteiger partial charge in [-0.2, -0.15) is 0 Å². The molecule has 5 nitrogen and oxygen atoms in total. The highest BCUT2D eigenvalue weighted by Crippen LogP contribution is 2.23. The molecule has 3 N–H and O–H groups in total. The van der Waals surface area contributed by atoms with E-state index in [2.05, 4.69) is 5.32 Å². The van der Waals surface area contributed by atoms with Gasteiger partial charge in [-0.3, -0.25) is 9.59 Å². The van der Waals surface area contributed by atoms with Crippen molar-refractivity contribution in [1.82, 2.24) is 0 Å². The quantitative estimate of drug-likeness (QED) is 0.871. The average molecular weight is 338 g/mol. The number of primary amides is 1. The van der Waals surface area contributed by atoms with Crippen LogP contribution < -0.4 is 15.8 Å². The summed E-state index contributed by atoms with van der Waals surface area (Å²) in [4.78, 5) is 23.3. The lowest BCUT2D eigenvalue weighted by Crippen LogP contribution is -2.19. The molecule has 0 atom stereocenters. The Balaban J connectivity index is 1.59. The third kappa shape index (κ3) is 4.59. The highest BCUT2D eigenvalue weighted by Gasteiger charge is 2.15. The summed E-state index contributed by atoms with van der Waals surface area (Å²) in [7, 11) is 0. The summed E-state index contributed by atoms with van der Waals surface area (Å²) in [5, 5.41) is 2.79. The fourth-order valence-electron chi connectivity index (χ4n) is 2.98. The van der Waals surface area contributed by atoms with Crippen LogP contribution in [0.3, 0.4) is 0 Å². The minimum absolute atomic E-state index is 0.212. The zero-order chi connectivity index (χ0) is 17.6. The Morgan fingerprint density at radius 1 is 0.880 bits per heavy atom. The van der Waals surface area contributed by atoms with Gasteiger partial charge in [0.2, 0.25) is 5.91 Å². The van der Waals surface area contributed by atoms with Gasteiger partial charge in [0.1, 0.15) is 5.75 Å². The number of anilines is 1. The Hall–Kier alpha value is -2.82. The third-order valence-corrected chi connectivity index (χ3v) is 4.40. The Morgan fingerprint density at radius 3 is 2.08 bits per heavy atom. The van der Waals surface area contributed by atoms with Crippen LogP contribution in [0.1, 0.15) is 52.8 Å². The van der Waals surface area contributed by atoms with Crippen LogP contribution in [-0.4, -0.2) is 17.9 Å². The number of hydrogen-bond donors (Lipinski definition) is 2. The van der Waals surface area contributed by atoms with E-state index in [1.807, 2.05) is 12.1 Å². The Kier molecular flexibility index (Phi) is 5.33. The fourth-order valence-corrected chi connectivity index (χ4v) is 2.98. The standard InChI is InChI=1S/C20H22N2O3/c21-19(23)14-6-10-16(11-7-14)22-20(24)15-8-12-18(13-9-15)25-17-4-2-1-3-5-17/h6-13,17H,1-5H2,(H2,21,23)(H,22,24). The summed E-state index contributed by atoms with van der Waals surface area (Å²) >= 11 is 0. The molecule has 0 bridgehead atoms. The van der Waals surface area contributed by atoms with Gasteiger partial charge in [0.15, 0.2) is 0 Å². The molecule has 1 aliphatic rings. The van der Waals surface area contributed by atoms with E-state index in [4.69, 9.17) is 10.5 Å². The first kappa shape index (κ1) is 17.0. The maximum Gasteiger partial charge on any atom is 0.255 e.